The number of quaternary nitrogens is 2. The van der Waals surface area contributed by atoms with E-state index in [1.54, 1.807) is 0 Å². The van der Waals surface area contributed by atoms with Crippen LogP contribution in [0, 0.1) is 0 Å². The Kier molecular flexibility index (Phi) is 15.4. The lowest BCUT2D eigenvalue weighted by molar-refractivity contribution is -0.728. The zero-order chi connectivity index (χ0) is 15.0. The van der Waals surface area contributed by atoms with Crippen molar-refractivity contribution in [2.45, 2.75) is 50.9 Å². The van der Waals surface area contributed by atoms with E-state index in [1.165, 1.54) is 36.8 Å². The second-order valence-corrected chi connectivity index (χ2v) is 6.27. The van der Waals surface area contributed by atoms with Crippen LogP contribution in [0.15, 0.2) is 49.1 Å². The molecule has 1 aliphatic carbocycles. The summed E-state index contributed by atoms with van der Waals surface area (Å²) in [7, 11) is 0. The summed E-state index contributed by atoms with van der Waals surface area (Å²) in [5, 5.41) is 5.02. The molecule has 3 rings (SSSR count). The molecular weight excluding hydrogens is 375 g/mol. The average molecular weight is 405 g/mol. The molecule has 0 saturated heterocycles. The van der Waals surface area contributed by atoms with Crippen molar-refractivity contribution in [2.75, 3.05) is 0 Å². The molecule has 8 heteroatoms. The number of hydrogen-bond donors (Lipinski definition) is 2. The van der Waals surface area contributed by atoms with Crippen LogP contribution in [0.1, 0.15) is 36.8 Å². The van der Waals surface area contributed by atoms with Gasteiger partial charge in [0.15, 0.2) is 0 Å². The smallest absolute Gasteiger partial charge is 0.102 e. The SMILES string of the molecule is O.O.[Cl-].[Cl-].c1cc(C[NH2+]C2CCC([NH2+]Cc3ccncc3)CC2)ccn1. The van der Waals surface area contributed by atoms with Crippen LogP contribution in [-0.2, 0) is 13.1 Å². The van der Waals surface area contributed by atoms with Gasteiger partial charge in [0.05, 0.1) is 12.1 Å². The van der Waals surface area contributed by atoms with E-state index in [1.807, 2.05) is 24.8 Å². The molecule has 26 heavy (non-hydrogen) atoms. The van der Waals surface area contributed by atoms with Gasteiger partial charge in [-0.15, -0.1) is 0 Å². The standard InChI is InChI=1S/C18H24N4.2ClH.2H2O/c1-2-18(22-14-16-7-11-20-12-8-16)4-3-17(1)21-13-15-5-9-19-10-6-15;;;;/h5-12,17-18,21-22H,1-4,13-14H2;2*1H;2*1H2. The number of nitrogens with two attached hydrogens (primary N) is 2. The molecule has 0 amide bonds. The van der Waals surface area contributed by atoms with Crippen LogP contribution in [0.25, 0.3) is 0 Å². The number of halogens is 2. The molecule has 0 radical (unpaired) electrons. The summed E-state index contributed by atoms with van der Waals surface area (Å²) in [4.78, 5) is 8.15. The van der Waals surface area contributed by atoms with Crippen LogP contribution in [0.5, 0.6) is 0 Å². The van der Waals surface area contributed by atoms with E-state index in [0.717, 1.165) is 25.2 Å². The van der Waals surface area contributed by atoms with Crippen molar-refractivity contribution < 1.29 is 46.4 Å². The molecule has 8 N–H and O–H groups in total. The van der Waals surface area contributed by atoms with Gasteiger partial charge in [-0.1, -0.05) is 0 Å². The Hall–Kier alpha value is -1.28. The Labute approximate surface area is 167 Å². The van der Waals surface area contributed by atoms with Gasteiger partial charge in [-0.3, -0.25) is 9.97 Å². The zero-order valence-corrected chi connectivity index (χ0v) is 16.3. The van der Waals surface area contributed by atoms with E-state index in [9.17, 15) is 0 Å². The van der Waals surface area contributed by atoms with Crippen molar-refractivity contribution in [3.63, 3.8) is 0 Å². The van der Waals surface area contributed by atoms with Gasteiger partial charge in [-0.05, 0) is 24.3 Å². The van der Waals surface area contributed by atoms with Crippen LogP contribution in [0.4, 0.5) is 0 Å². The topological polar surface area (TPSA) is 122 Å². The lowest BCUT2D eigenvalue weighted by Gasteiger charge is -2.25. The summed E-state index contributed by atoms with van der Waals surface area (Å²) < 4.78 is 0. The van der Waals surface area contributed by atoms with Crippen LogP contribution in [0.2, 0.25) is 0 Å². The van der Waals surface area contributed by atoms with Crippen LogP contribution >= 0.6 is 0 Å². The third-order valence-electron chi connectivity index (χ3n) is 4.69. The zero-order valence-electron chi connectivity index (χ0n) is 14.8. The summed E-state index contributed by atoms with van der Waals surface area (Å²) in [5.41, 5.74) is 2.75. The summed E-state index contributed by atoms with van der Waals surface area (Å²) in [6, 6.07) is 10.0. The highest BCUT2D eigenvalue weighted by molar-refractivity contribution is 5.08. The Balaban J connectivity index is 0. The Bertz CT molecular complexity index is 504. The molecule has 0 spiro atoms. The van der Waals surface area contributed by atoms with Gasteiger partial charge in [-0.25, -0.2) is 0 Å². The van der Waals surface area contributed by atoms with Gasteiger partial charge in [0.1, 0.15) is 13.1 Å². The maximum absolute atomic E-state index is 4.07. The van der Waals surface area contributed by atoms with Crippen LogP contribution < -0.4 is 35.4 Å². The molecule has 0 aromatic carbocycles. The first kappa shape index (κ1) is 26.9. The molecule has 2 heterocycles. The van der Waals surface area contributed by atoms with Crippen molar-refractivity contribution in [1.82, 2.24) is 9.97 Å². The Morgan fingerprint density at radius 1 is 0.654 bits per heavy atom. The van der Waals surface area contributed by atoms with Gasteiger partial charge in [0.2, 0.25) is 0 Å². The van der Waals surface area contributed by atoms with Gasteiger partial charge in [0.25, 0.3) is 0 Å². The molecule has 0 atom stereocenters. The predicted octanol–water partition coefficient (Wildman–Crippen LogP) is -7.03. The number of aromatic nitrogens is 2. The van der Waals surface area contributed by atoms with Crippen molar-refractivity contribution in [1.29, 1.82) is 0 Å². The number of rotatable bonds is 6. The molecule has 0 unspecified atom stereocenters. The van der Waals surface area contributed by atoms with E-state index < -0.39 is 0 Å². The van der Waals surface area contributed by atoms with E-state index in [4.69, 9.17) is 0 Å². The fourth-order valence-electron chi connectivity index (χ4n) is 3.26. The maximum atomic E-state index is 4.07. The summed E-state index contributed by atoms with van der Waals surface area (Å²) in [5.74, 6) is 0. The highest BCUT2D eigenvalue weighted by atomic mass is 35.5. The van der Waals surface area contributed by atoms with Crippen molar-refractivity contribution in [3.05, 3.63) is 60.2 Å². The Morgan fingerprint density at radius 3 is 1.27 bits per heavy atom. The summed E-state index contributed by atoms with van der Waals surface area (Å²) in [6.07, 6.45) is 12.9. The molecular formula is C18H30Cl2N4O2. The minimum absolute atomic E-state index is 0. The van der Waals surface area contributed by atoms with Crippen molar-refractivity contribution in [3.8, 4) is 0 Å². The largest absolute Gasteiger partial charge is 1.00 e. The summed E-state index contributed by atoms with van der Waals surface area (Å²) in [6.45, 7) is 2.16. The lowest BCUT2D eigenvalue weighted by atomic mass is 9.91. The lowest BCUT2D eigenvalue weighted by Crippen LogP contribution is -3.00. The van der Waals surface area contributed by atoms with Crippen LogP contribution in [-0.4, -0.2) is 33.0 Å². The molecule has 0 bridgehead atoms. The van der Waals surface area contributed by atoms with Crippen molar-refractivity contribution >= 4 is 0 Å². The third-order valence-corrected chi connectivity index (χ3v) is 4.69. The minimum Gasteiger partial charge on any atom is -1.00 e. The first-order valence-corrected chi connectivity index (χ1v) is 8.34. The van der Waals surface area contributed by atoms with Gasteiger partial charge >= 0.3 is 0 Å². The van der Waals surface area contributed by atoms with Gasteiger partial charge in [-0.2, -0.15) is 0 Å². The van der Waals surface area contributed by atoms with E-state index in [-0.39, 0.29) is 35.8 Å². The maximum Gasteiger partial charge on any atom is 0.102 e. The van der Waals surface area contributed by atoms with E-state index >= 15 is 0 Å². The minimum atomic E-state index is 0. The molecule has 2 aromatic heterocycles. The average Bonchev–Trinajstić information content (AvgIpc) is 2.61. The predicted molar refractivity (Wildman–Crippen MR) is 93.0 cm³/mol. The molecule has 6 nitrogen and oxygen atoms in total. The van der Waals surface area contributed by atoms with Crippen LogP contribution in [0.3, 0.4) is 0 Å². The second kappa shape index (κ2) is 14.8. The van der Waals surface area contributed by atoms with Gasteiger partial charge < -0.3 is 46.4 Å². The molecule has 1 aliphatic rings. The fourth-order valence-corrected chi connectivity index (χ4v) is 3.26. The Morgan fingerprint density at radius 2 is 0.962 bits per heavy atom. The fraction of sp³-hybridized carbons (Fsp3) is 0.444. The first-order valence-electron chi connectivity index (χ1n) is 8.34. The monoisotopic (exact) mass is 404 g/mol. The second-order valence-electron chi connectivity index (χ2n) is 6.27. The van der Waals surface area contributed by atoms with Crippen molar-refractivity contribution in [2.24, 2.45) is 0 Å². The normalized spacial score (nSPS) is 18.3. The van der Waals surface area contributed by atoms with E-state index in [0.29, 0.717) is 0 Å². The summed E-state index contributed by atoms with van der Waals surface area (Å²) >= 11 is 0. The number of hydrogen-bond acceptors (Lipinski definition) is 2. The highest BCUT2D eigenvalue weighted by Gasteiger charge is 2.25. The first-order chi connectivity index (χ1) is 10.9. The molecule has 2 aromatic rings. The van der Waals surface area contributed by atoms with Gasteiger partial charge in [0, 0.05) is 61.6 Å². The number of pyridine rings is 2. The molecule has 1 saturated carbocycles. The quantitative estimate of drug-likeness (QED) is 0.496. The van der Waals surface area contributed by atoms with E-state index in [2.05, 4.69) is 44.9 Å². The highest BCUT2D eigenvalue weighted by Crippen LogP contribution is 2.14. The third kappa shape index (κ3) is 8.89. The molecule has 148 valence electrons. The molecule has 0 aliphatic heterocycles. The number of nitrogens with zero attached hydrogens (tertiary/aromatic N) is 2. The molecule has 1 fully saturated rings.